The zero-order valence-corrected chi connectivity index (χ0v) is 10.3. The Balaban J connectivity index is 0.000000386. The molecule has 0 atom stereocenters. The molecule has 2 rings (SSSR count). The maximum atomic E-state index is 5.61. The van der Waals surface area contributed by atoms with E-state index in [-0.39, 0.29) is 0 Å². The molecule has 0 aromatic heterocycles. The van der Waals surface area contributed by atoms with Gasteiger partial charge in [0, 0.05) is 24.5 Å². The first-order chi connectivity index (χ1) is 7.77. The SMILES string of the molecule is CCC.Nc1ccc(N2CCOCC2)cc1. The Morgan fingerprint density at radius 3 is 2.12 bits per heavy atom. The summed E-state index contributed by atoms with van der Waals surface area (Å²) in [6, 6.07) is 7.98. The smallest absolute Gasteiger partial charge is 0.0642 e. The van der Waals surface area contributed by atoms with Gasteiger partial charge in [-0.25, -0.2) is 0 Å². The lowest BCUT2D eigenvalue weighted by molar-refractivity contribution is 0.122. The number of morpholine rings is 1. The average Bonchev–Trinajstić information content (AvgIpc) is 2.32. The zero-order chi connectivity index (χ0) is 11.8. The zero-order valence-electron chi connectivity index (χ0n) is 10.3. The third-order valence-electron chi connectivity index (χ3n) is 2.27. The summed E-state index contributed by atoms with van der Waals surface area (Å²) in [4.78, 5) is 2.31. The highest BCUT2D eigenvalue weighted by molar-refractivity contribution is 5.53. The molecule has 90 valence electrons. The van der Waals surface area contributed by atoms with Crippen molar-refractivity contribution in [1.29, 1.82) is 0 Å². The van der Waals surface area contributed by atoms with Gasteiger partial charge in [-0.2, -0.15) is 0 Å². The largest absolute Gasteiger partial charge is 0.399 e. The van der Waals surface area contributed by atoms with Gasteiger partial charge in [0.05, 0.1) is 13.2 Å². The third-order valence-corrected chi connectivity index (χ3v) is 2.27. The lowest BCUT2D eigenvalue weighted by atomic mass is 10.2. The van der Waals surface area contributed by atoms with Crippen molar-refractivity contribution in [3.05, 3.63) is 24.3 Å². The first kappa shape index (κ1) is 12.8. The van der Waals surface area contributed by atoms with E-state index in [1.54, 1.807) is 0 Å². The molecule has 0 amide bonds. The fourth-order valence-electron chi connectivity index (χ4n) is 1.51. The summed E-state index contributed by atoms with van der Waals surface area (Å²) < 4.78 is 5.28. The van der Waals surface area contributed by atoms with Gasteiger partial charge in [0.2, 0.25) is 0 Å². The Labute approximate surface area is 98.2 Å². The number of hydrogen-bond donors (Lipinski definition) is 1. The van der Waals surface area contributed by atoms with Crippen LogP contribution in [0.3, 0.4) is 0 Å². The lowest BCUT2D eigenvalue weighted by Crippen LogP contribution is -2.36. The van der Waals surface area contributed by atoms with E-state index < -0.39 is 0 Å². The second kappa shape index (κ2) is 7.12. The standard InChI is InChI=1S/C10H14N2O.C3H8/c11-9-1-3-10(4-2-9)12-5-7-13-8-6-12;1-3-2/h1-4H,5-8,11H2;3H2,1-2H3. The normalized spacial score (nSPS) is 15.2. The van der Waals surface area contributed by atoms with Crippen LogP contribution in [0, 0.1) is 0 Å². The van der Waals surface area contributed by atoms with Crippen molar-refractivity contribution < 1.29 is 4.74 Å². The van der Waals surface area contributed by atoms with Crippen molar-refractivity contribution in [1.82, 2.24) is 0 Å². The number of nitrogen functional groups attached to an aromatic ring is 1. The summed E-state index contributed by atoms with van der Waals surface area (Å²) in [5, 5.41) is 0. The molecule has 0 unspecified atom stereocenters. The molecule has 1 fully saturated rings. The lowest BCUT2D eigenvalue weighted by Gasteiger charge is -2.28. The van der Waals surface area contributed by atoms with Crippen molar-refractivity contribution in [2.75, 3.05) is 36.9 Å². The molecule has 0 saturated carbocycles. The van der Waals surface area contributed by atoms with E-state index in [1.807, 2.05) is 12.1 Å². The van der Waals surface area contributed by atoms with Gasteiger partial charge < -0.3 is 15.4 Å². The molecule has 0 spiro atoms. The van der Waals surface area contributed by atoms with Crippen LogP contribution < -0.4 is 10.6 Å². The van der Waals surface area contributed by atoms with Gasteiger partial charge in [0.25, 0.3) is 0 Å². The molecule has 1 aromatic carbocycles. The van der Waals surface area contributed by atoms with Gasteiger partial charge in [-0.15, -0.1) is 0 Å². The number of nitrogens with two attached hydrogens (primary N) is 1. The molecule has 16 heavy (non-hydrogen) atoms. The maximum absolute atomic E-state index is 5.61. The maximum Gasteiger partial charge on any atom is 0.0642 e. The average molecular weight is 222 g/mol. The number of anilines is 2. The van der Waals surface area contributed by atoms with Crippen LogP contribution in [0.15, 0.2) is 24.3 Å². The first-order valence-electron chi connectivity index (χ1n) is 5.96. The third kappa shape index (κ3) is 4.11. The predicted molar refractivity (Wildman–Crippen MR) is 69.9 cm³/mol. The molecule has 1 saturated heterocycles. The monoisotopic (exact) mass is 222 g/mol. The molecule has 0 aliphatic carbocycles. The molecule has 3 heteroatoms. The molecule has 0 radical (unpaired) electrons. The summed E-state index contributed by atoms with van der Waals surface area (Å²) in [6.45, 7) is 7.85. The summed E-state index contributed by atoms with van der Waals surface area (Å²) >= 11 is 0. The van der Waals surface area contributed by atoms with Gasteiger partial charge in [-0.3, -0.25) is 0 Å². The molecule has 0 bridgehead atoms. The highest BCUT2D eigenvalue weighted by Gasteiger charge is 2.09. The molecule has 1 aliphatic rings. The van der Waals surface area contributed by atoms with Crippen LogP contribution in [-0.4, -0.2) is 26.3 Å². The summed E-state index contributed by atoms with van der Waals surface area (Å²) in [6.07, 6.45) is 1.25. The Morgan fingerprint density at radius 2 is 1.62 bits per heavy atom. The Morgan fingerprint density at radius 1 is 1.12 bits per heavy atom. The fourth-order valence-corrected chi connectivity index (χ4v) is 1.51. The van der Waals surface area contributed by atoms with E-state index >= 15 is 0 Å². The highest BCUT2D eigenvalue weighted by Crippen LogP contribution is 2.16. The van der Waals surface area contributed by atoms with Crippen molar-refractivity contribution in [2.24, 2.45) is 0 Å². The van der Waals surface area contributed by atoms with E-state index in [0.717, 1.165) is 32.0 Å². The number of benzene rings is 1. The molecule has 1 aromatic rings. The summed E-state index contributed by atoms with van der Waals surface area (Å²) in [5.41, 5.74) is 7.66. The van der Waals surface area contributed by atoms with E-state index in [4.69, 9.17) is 10.5 Å². The second-order valence-electron chi connectivity index (χ2n) is 3.90. The van der Waals surface area contributed by atoms with Gasteiger partial charge in [0.1, 0.15) is 0 Å². The second-order valence-corrected chi connectivity index (χ2v) is 3.90. The first-order valence-corrected chi connectivity index (χ1v) is 5.96. The van der Waals surface area contributed by atoms with E-state index in [2.05, 4.69) is 30.9 Å². The van der Waals surface area contributed by atoms with E-state index in [9.17, 15) is 0 Å². The Bertz CT molecular complexity index is 278. The Hall–Kier alpha value is -1.22. The minimum absolute atomic E-state index is 0.817. The predicted octanol–water partition coefficient (Wildman–Crippen LogP) is 2.52. The van der Waals surface area contributed by atoms with Crippen LogP contribution in [0.25, 0.3) is 0 Å². The van der Waals surface area contributed by atoms with Crippen molar-refractivity contribution >= 4 is 11.4 Å². The molecular weight excluding hydrogens is 200 g/mol. The van der Waals surface area contributed by atoms with Gasteiger partial charge in [-0.1, -0.05) is 20.3 Å². The van der Waals surface area contributed by atoms with Gasteiger partial charge >= 0.3 is 0 Å². The van der Waals surface area contributed by atoms with Gasteiger partial charge in [0.15, 0.2) is 0 Å². The van der Waals surface area contributed by atoms with Gasteiger partial charge in [-0.05, 0) is 24.3 Å². The van der Waals surface area contributed by atoms with Crippen molar-refractivity contribution in [2.45, 2.75) is 20.3 Å². The fraction of sp³-hybridized carbons (Fsp3) is 0.538. The quantitative estimate of drug-likeness (QED) is 0.742. The van der Waals surface area contributed by atoms with E-state index in [1.165, 1.54) is 12.1 Å². The molecule has 2 N–H and O–H groups in total. The van der Waals surface area contributed by atoms with Crippen molar-refractivity contribution in [3.63, 3.8) is 0 Å². The summed E-state index contributed by atoms with van der Waals surface area (Å²) in [7, 11) is 0. The Kier molecular flexibility index (Phi) is 5.72. The summed E-state index contributed by atoms with van der Waals surface area (Å²) in [5.74, 6) is 0. The van der Waals surface area contributed by atoms with Crippen molar-refractivity contribution in [3.8, 4) is 0 Å². The molecule has 3 nitrogen and oxygen atoms in total. The van der Waals surface area contributed by atoms with Crippen LogP contribution in [-0.2, 0) is 4.74 Å². The molecule has 1 heterocycles. The van der Waals surface area contributed by atoms with Crippen LogP contribution >= 0.6 is 0 Å². The molecular formula is C13H22N2O. The van der Waals surface area contributed by atoms with Crippen LogP contribution in [0.2, 0.25) is 0 Å². The number of ether oxygens (including phenoxy) is 1. The number of nitrogens with zero attached hydrogens (tertiary/aromatic N) is 1. The van der Waals surface area contributed by atoms with Crippen LogP contribution in [0.5, 0.6) is 0 Å². The minimum atomic E-state index is 0.817. The highest BCUT2D eigenvalue weighted by atomic mass is 16.5. The molecule has 1 aliphatic heterocycles. The van der Waals surface area contributed by atoms with Crippen LogP contribution in [0.1, 0.15) is 20.3 Å². The minimum Gasteiger partial charge on any atom is -0.399 e. The topological polar surface area (TPSA) is 38.5 Å². The number of rotatable bonds is 1. The van der Waals surface area contributed by atoms with Crippen LogP contribution in [0.4, 0.5) is 11.4 Å². The number of hydrogen-bond acceptors (Lipinski definition) is 3. The van der Waals surface area contributed by atoms with E-state index in [0.29, 0.717) is 0 Å².